The molecule has 0 aromatic heterocycles. The van der Waals surface area contributed by atoms with Crippen LogP contribution in [-0.2, 0) is 17.8 Å². The number of hydrogen-bond acceptors (Lipinski definition) is 4. The number of nitro groups is 1. The average molecular weight is 271 g/mol. The lowest BCUT2D eigenvalue weighted by molar-refractivity contribution is -0.385. The molecule has 0 bridgehead atoms. The lowest BCUT2D eigenvalue weighted by atomic mass is 10.1. The van der Waals surface area contributed by atoms with Gasteiger partial charge in [0.25, 0.3) is 5.69 Å². The number of carbonyl (C=O) groups is 1. The lowest BCUT2D eigenvalue weighted by Gasteiger charge is -2.07. The monoisotopic (exact) mass is 271 g/mol. The second-order valence-electron chi connectivity index (χ2n) is 4.19. The molecule has 2 aromatic rings. The van der Waals surface area contributed by atoms with E-state index < -0.39 is 4.92 Å². The van der Waals surface area contributed by atoms with Gasteiger partial charge in [0.1, 0.15) is 18.6 Å². The van der Waals surface area contributed by atoms with Gasteiger partial charge in [0.2, 0.25) is 0 Å². The van der Waals surface area contributed by atoms with Crippen LogP contribution in [0.4, 0.5) is 5.69 Å². The number of nitrogens with zero attached hydrogens (tertiary/aromatic N) is 1. The molecule has 20 heavy (non-hydrogen) atoms. The number of hydrogen-bond donors (Lipinski definition) is 0. The number of nitro benzene ring substituents is 1. The Balaban J connectivity index is 2.14. The standard InChI is InChI=1S/C15H13NO4/c17-9-8-13-6-7-14(10-15(13)16(18)19)20-11-12-4-2-1-3-5-12/h1-7,9-10H,8,11H2. The minimum absolute atomic E-state index is 0.0231. The van der Waals surface area contributed by atoms with Crippen LogP contribution in [0.2, 0.25) is 0 Å². The summed E-state index contributed by atoms with van der Waals surface area (Å²) in [5, 5.41) is 11.0. The van der Waals surface area contributed by atoms with Crippen molar-refractivity contribution < 1.29 is 14.5 Å². The van der Waals surface area contributed by atoms with Gasteiger partial charge in [-0.25, -0.2) is 0 Å². The van der Waals surface area contributed by atoms with Crippen molar-refractivity contribution in [3.63, 3.8) is 0 Å². The zero-order valence-corrected chi connectivity index (χ0v) is 10.7. The van der Waals surface area contributed by atoms with Crippen molar-refractivity contribution in [2.45, 2.75) is 13.0 Å². The number of ether oxygens (including phenoxy) is 1. The highest BCUT2D eigenvalue weighted by Gasteiger charge is 2.14. The smallest absolute Gasteiger partial charge is 0.276 e. The summed E-state index contributed by atoms with van der Waals surface area (Å²) in [6.45, 7) is 0.338. The molecule has 5 heteroatoms. The third-order valence-electron chi connectivity index (χ3n) is 2.81. The summed E-state index contributed by atoms with van der Waals surface area (Å²) < 4.78 is 5.52. The maximum absolute atomic E-state index is 11.0. The van der Waals surface area contributed by atoms with Crippen molar-refractivity contribution in [2.75, 3.05) is 0 Å². The third-order valence-corrected chi connectivity index (χ3v) is 2.81. The van der Waals surface area contributed by atoms with E-state index in [1.807, 2.05) is 30.3 Å². The van der Waals surface area contributed by atoms with E-state index in [1.54, 1.807) is 12.1 Å². The number of aldehydes is 1. The van der Waals surface area contributed by atoms with Crippen LogP contribution in [0.5, 0.6) is 5.75 Å². The first kappa shape index (κ1) is 13.7. The molecule has 2 aromatic carbocycles. The Morgan fingerprint density at radius 1 is 1.15 bits per heavy atom. The van der Waals surface area contributed by atoms with Gasteiger partial charge in [-0.05, 0) is 17.7 Å². The van der Waals surface area contributed by atoms with Crippen LogP contribution in [0.15, 0.2) is 48.5 Å². The maximum atomic E-state index is 11.0. The van der Waals surface area contributed by atoms with Crippen LogP contribution in [0, 0.1) is 10.1 Å². The van der Waals surface area contributed by atoms with Crippen molar-refractivity contribution in [1.82, 2.24) is 0 Å². The summed E-state index contributed by atoms with van der Waals surface area (Å²) >= 11 is 0. The van der Waals surface area contributed by atoms with Crippen LogP contribution >= 0.6 is 0 Å². The molecule has 102 valence electrons. The molecule has 0 atom stereocenters. The molecule has 0 heterocycles. The summed E-state index contributed by atoms with van der Waals surface area (Å²) in [4.78, 5) is 20.9. The van der Waals surface area contributed by atoms with Gasteiger partial charge in [0.05, 0.1) is 11.0 Å². The van der Waals surface area contributed by atoms with E-state index >= 15 is 0 Å². The Kier molecular flexibility index (Phi) is 4.44. The predicted octanol–water partition coefficient (Wildman–Crippen LogP) is 2.92. The normalized spacial score (nSPS) is 10.0. The topological polar surface area (TPSA) is 69.4 Å². The first-order chi connectivity index (χ1) is 9.70. The summed E-state index contributed by atoms with van der Waals surface area (Å²) in [6, 6.07) is 14.1. The number of rotatable bonds is 6. The highest BCUT2D eigenvalue weighted by atomic mass is 16.6. The highest BCUT2D eigenvalue weighted by molar-refractivity contribution is 5.60. The largest absolute Gasteiger partial charge is 0.489 e. The van der Waals surface area contributed by atoms with Gasteiger partial charge in [-0.15, -0.1) is 0 Å². The molecule has 0 saturated carbocycles. The minimum Gasteiger partial charge on any atom is -0.489 e. The number of carbonyl (C=O) groups excluding carboxylic acids is 1. The third kappa shape index (κ3) is 3.41. The second kappa shape index (κ2) is 6.47. The summed E-state index contributed by atoms with van der Waals surface area (Å²) in [6.07, 6.45) is 0.669. The molecule has 0 aliphatic carbocycles. The fraction of sp³-hybridized carbons (Fsp3) is 0.133. The molecule has 0 amide bonds. The molecule has 0 radical (unpaired) electrons. The molecule has 5 nitrogen and oxygen atoms in total. The van der Waals surface area contributed by atoms with E-state index in [9.17, 15) is 14.9 Å². The molecule has 0 N–H and O–H groups in total. The van der Waals surface area contributed by atoms with Crippen LogP contribution in [-0.4, -0.2) is 11.2 Å². The number of benzene rings is 2. The second-order valence-corrected chi connectivity index (χ2v) is 4.19. The zero-order valence-electron chi connectivity index (χ0n) is 10.7. The fourth-order valence-electron chi connectivity index (χ4n) is 1.81. The van der Waals surface area contributed by atoms with Gasteiger partial charge >= 0.3 is 0 Å². The van der Waals surface area contributed by atoms with Gasteiger partial charge in [0.15, 0.2) is 0 Å². The van der Waals surface area contributed by atoms with Crippen molar-refractivity contribution >= 4 is 12.0 Å². The SMILES string of the molecule is O=CCc1ccc(OCc2ccccc2)cc1[N+](=O)[O-]. The van der Waals surface area contributed by atoms with Gasteiger partial charge in [0, 0.05) is 12.0 Å². The van der Waals surface area contributed by atoms with Gasteiger partial charge < -0.3 is 9.53 Å². The zero-order chi connectivity index (χ0) is 14.4. The van der Waals surface area contributed by atoms with E-state index in [0.29, 0.717) is 24.2 Å². The van der Waals surface area contributed by atoms with Crippen molar-refractivity contribution in [2.24, 2.45) is 0 Å². The van der Waals surface area contributed by atoms with Gasteiger partial charge in [-0.3, -0.25) is 10.1 Å². The predicted molar refractivity (Wildman–Crippen MR) is 73.6 cm³/mol. The molecule has 0 saturated heterocycles. The molecule has 0 fully saturated rings. The molecule has 0 aliphatic rings. The highest BCUT2D eigenvalue weighted by Crippen LogP contribution is 2.25. The first-order valence-electron chi connectivity index (χ1n) is 6.08. The Labute approximate surface area is 116 Å². The first-order valence-corrected chi connectivity index (χ1v) is 6.08. The van der Waals surface area contributed by atoms with Gasteiger partial charge in [-0.2, -0.15) is 0 Å². The molecule has 0 unspecified atom stereocenters. The molecule has 2 rings (SSSR count). The Hall–Kier alpha value is -2.69. The minimum atomic E-state index is -0.506. The average Bonchev–Trinajstić information content (AvgIpc) is 2.47. The van der Waals surface area contributed by atoms with Crippen LogP contribution in [0.25, 0.3) is 0 Å². The Bertz CT molecular complexity index is 611. The Morgan fingerprint density at radius 3 is 2.55 bits per heavy atom. The molecular weight excluding hydrogens is 258 g/mol. The molecular formula is C15H13NO4. The summed E-state index contributed by atoms with van der Waals surface area (Å²) in [5.74, 6) is 0.412. The van der Waals surface area contributed by atoms with E-state index in [4.69, 9.17) is 4.74 Å². The quantitative estimate of drug-likeness (QED) is 0.460. The maximum Gasteiger partial charge on any atom is 0.276 e. The van der Waals surface area contributed by atoms with Crippen LogP contribution in [0.3, 0.4) is 0 Å². The summed E-state index contributed by atoms with van der Waals surface area (Å²) in [5.41, 5.74) is 1.27. The van der Waals surface area contributed by atoms with Crippen LogP contribution in [0.1, 0.15) is 11.1 Å². The van der Waals surface area contributed by atoms with Crippen LogP contribution < -0.4 is 4.74 Å². The molecule has 0 aliphatic heterocycles. The van der Waals surface area contributed by atoms with Crippen molar-refractivity contribution in [1.29, 1.82) is 0 Å². The van der Waals surface area contributed by atoms with E-state index in [1.165, 1.54) is 6.07 Å². The van der Waals surface area contributed by atoms with E-state index in [0.717, 1.165) is 5.56 Å². The van der Waals surface area contributed by atoms with Gasteiger partial charge in [-0.1, -0.05) is 30.3 Å². The molecule has 0 spiro atoms. The Morgan fingerprint density at radius 2 is 1.90 bits per heavy atom. The van der Waals surface area contributed by atoms with E-state index in [2.05, 4.69) is 0 Å². The fourth-order valence-corrected chi connectivity index (χ4v) is 1.81. The van der Waals surface area contributed by atoms with E-state index in [-0.39, 0.29) is 12.1 Å². The summed E-state index contributed by atoms with van der Waals surface area (Å²) in [7, 11) is 0. The van der Waals surface area contributed by atoms with Crippen molar-refractivity contribution in [3.05, 3.63) is 69.8 Å². The lowest BCUT2D eigenvalue weighted by Crippen LogP contribution is -1.99. The van der Waals surface area contributed by atoms with Crippen molar-refractivity contribution in [3.8, 4) is 5.75 Å².